The van der Waals surface area contributed by atoms with Crippen LogP contribution in [0.2, 0.25) is 10.0 Å². The van der Waals surface area contributed by atoms with Crippen LogP contribution in [-0.4, -0.2) is 29.6 Å². The van der Waals surface area contributed by atoms with Crippen LogP contribution in [-0.2, 0) is 10.2 Å². The van der Waals surface area contributed by atoms with Gasteiger partial charge in [0.1, 0.15) is 11.5 Å². The van der Waals surface area contributed by atoms with Gasteiger partial charge in [0.2, 0.25) is 5.91 Å². The van der Waals surface area contributed by atoms with E-state index in [0.717, 1.165) is 22.4 Å². The van der Waals surface area contributed by atoms with Crippen molar-refractivity contribution in [2.45, 2.75) is 31.3 Å². The van der Waals surface area contributed by atoms with E-state index in [1.807, 2.05) is 67.3 Å². The number of ketones is 2. The van der Waals surface area contributed by atoms with Crippen LogP contribution in [0.3, 0.4) is 0 Å². The minimum absolute atomic E-state index is 0.174. The van der Waals surface area contributed by atoms with E-state index in [1.165, 1.54) is 6.07 Å². The summed E-state index contributed by atoms with van der Waals surface area (Å²) in [5.74, 6) is -2.04. The summed E-state index contributed by atoms with van der Waals surface area (Å²) in [4.78, 5) is 46.1. The highest BCUT2D eigenvalue weighted by Gasteiger charge is 2.70. The number of nitrogens with one attached hydrogen (secondary N) is 1. The Kier molecular flexibility index (Phi) is 6.16. The number of nitrogens with zero attached hydrogens (tertiary/aromatic N) is 1. The summed E-state index contributed by atoms with van der Waals surface area (Å²) >= 11 is 12.8. The van der Waals surface area contributed by atoms with Crippen molar-refractivity contribution in [1.82, 2.24) is 0 Å². The van der Waals surface area contributed by atoms with E-state index in [0.29, 0.717) is 21.8 Å². The Labute approximate surface area is 253 Å². The number of Topliss-reactive ketones (excluding diaryl/α,β-unsaturated/α-hetero) is 2. The smallest absolute Gasteiger partial charge is 0.238 e. The Bertz CT molecular complexity index is 1850. The zero-order valence-electron chi connectivity index (χ0n) is 22.9. The zero-order valence-corrected chi connectivity index (χ0v) is 24.4. The van der Waals surface area contributed by atoms with Crippen LogP contribution >= 0.6 is 23.2 Å². The average molecular weight is 594 g/mol. The van der Waals surface area contributed by atoms with Gasteiger partial charge in [0.15, 0.2) is 11.6 Å². The Morgan fingerprint density at radius 1 is 0.857 bits per heavy atom. The Morgan fingerprint density at radius 3 is 2.36 bits per heavy atom. The molecule has 0 bridgehead atoms. The van der Waals surface area contributed by atoms with Crippen LogP contribution in [0.4, 0.5) is 11.4 Å². The summed E-state index contributed by atoms with van der Waals surface area (Å²) in [6.45, 7) is 4.04. The van der Waals surface area contributed by atoms with Crippen LogP contribution in [0.5, 0.6) is 0 Å². The number of aryl methyl sites for hydroxylation is 1. The number of amides is 1. The highest BCUT2D eigenvalue weighted by Crippen LogP contribution is 2.59. The summed E-state index contributed by atoms with van der Waals surface area (Å²) in [7, 11) is 0. The fourth-order valence-electron chi connectivity index (χ4n) is 7.18. The summed E-state index contributed by atoms with van der Waals surface area (Å²) in [6, 6.07) is 25.6. The van der Waals surface area contributed by atoms with Crippen LogP contribution in [0, 0.1) is 12.8 Å². The molecule has 1 N–H and O–H groups in total. The number of para-hydroxylation sites is 1. The van der Waals surface area contributed by atoms with Gasteiger partial charge in [0, 0.05) is 33.1 Å². The zero-order chi connectivity index (χ0) is 29.3. The number of fused-ring (bicyclic) bond motifs is 6. The maximum Gasteiger partial charge on any atom is 0.238 e. The Morgan fingerprint density at radius 2 is 1.60 bits per heavy atom. The summed E-state index contributed by atoms with van der Waals surface area (Å²) in [5.41, 5.74) is 4.44. The molecule has 7 heteroatoms. The molecule has 1 fully saturated rings. The standard InChI is InChI=1S/C35H26Cl2N2O3/c1-19-12-15-28-24(16-19)20(2)17-29-35(25-10-6-7-11-27(25)38-34(35)42)30(33(41)23-14-13-22(36)18-26(23)37)31(39(28)29)32(40)21-8-4-3-5-9-21/h3-18,29-31H,1-2H3,(H,38,42)/t29-,30-,31-,35-/m0/s1. The van der Waals surface area contributed by atoms with E-state index in [-0.39, 0.29) is 28.1 Å². The Balaban J connectivity index is 1.57. The fourth-order valence-corrected chi connectivity index (χ4v) is 7.68. The van der Waals surface area contributed by atoms with Crippen molar-refractivity contribution in [3.05, 3.63) is 135 Å². The van der Waals surface area contributed by atoms with Crippen molar-refractivity contribution in [2.24, 2.45) is 5.92 Å². The molecule has 0 aromatic heterocycles. The summed E-state index contributed by atoms with van der Waals surface area (Å²) in [6.07, 6.45) is 2.05. The lowest BCUT2D eigenvalue weighted by Gasteiger charge is -2.39. The van der Waals surface area contributed by atoms with Crippen molar-refractivity contribution in [3.63, 3.8) is 0 Å². The minimum Gasteiger partial charge on any atom is -0.352 e. The van der Waals surface area contributed by atoms with Crippen molar-refractivity contribution >= 4 is 57.6 Å². The van der Waals surface area contributed by atoms with Crippen LogP contribution in [0.25, 0.3) is 5.57 Å². The highest BCUT2D eigenvalue weighted by atomic mass is 35.5. The van der Waals surface area contributed by atoms with Gasteiger partial charge in [-0.3, -0.25) is 14.4 Å². The maximum atomic E-state index is 14.9. The number of carbonyl (C=O) groups excluding carboxylic acids is 3. The molecule has 208 valence electrons. The predicted molar refractivity (Wildman–Crippen MR) is 167 cm³/mol. The van der Waals surface area contributed by atoms with Crippen LogP contribution in [0.1, 0.15) is 44.3 Å². The Hall–Kier alpha value is -4.19. The number of benzene rings is 4. The number of halogens is 2. The lowest BCUT2D eigenvalue weighted by atomic mass is 9.64. The van der Waals surface area contributed by atoms with E-state index in [9.17, 15) is 14.4 Å². The fraction of sp³-hybridized carbons (Fsp3) is 0.171. The quantitative estimate of drug-likeness (QED) is 0.248. The van der Waals surface area contributed by atoms with Gasteiger partial charge in [-0.25, -0.2) is 0 Å². The first-order valence-electron chi connectivity index (χ1n) is 13.8. The molecule has 1 spiro atoms. The molecule has 0 aliphatic carbocycles. The molecule has 0 saturated carbocycles. The molecular formula is C35H26Cl2N2O3. The molecule has 42 heavy (non-hydrogen) atoms. The van der Waals surface area contributed by atoms with E-state index in [2.05, 4.69) is 11.4 Å². The van der Waals surface area contributed by atoms with Gasteiger partial charge in [-0.1, -0.05) is 89.4 Å². The molecule has 0 unspecified atom stereocenters. The second-order valence-corrected chi connectivity index (χ2v) is 12.1. The molecule has 7 rings (SSSR count). The minimum atomic E-state index is -1.41. The molecule has 0 radical (unpaired) electrons. The summed E-state index contributed by atoms with van der Waals surface area (Å²) in [5, 5.41) is 3.62. The second-order valence-electron chi connectivity index (χ2n) is 11.2. The van der Waals surface area contributed by atoms with Gasteiger partial charge in [-0.15, -0.1) is 0 Å². The maximum absolute atomic E-state index is 14.9. The third-order valence-electron chi connectivity index (χ3n) is 8.94. The molecule has 3 aliphatic heterocycles. The molecule has 1 amide bonds. The van der Waals surface area contributed by atoms with E-state index < -0.39 is 23.4 Å². The normalized spacial score (nSPS) is 23.6. The van der Waals surface area contributed by atoms with Crippen molar-refractivity contribution < 1.29 is 14.4 Å². The number of carbonyl (C=O) groups is 3. The third-order valence-corrected chi connectivity index (χ3v) is 9.49. The van der Waals surface area contributed by atoms with E-state index in [1.54, 1.807) is 36.4 Å². The molecule has 4 aromatic carbocycles. The number of rotatable bonds is 4. The number of allylic oxidation sites excluding steroid dienone is 1. The molecule has 4 aromatic rings. The SMILES string of the molecule is CC1=C[C@@H]2N(c3ccc(C)cc31)[C@H](C(=O)c1ccccc1)[C@@H](C(=O)c1ccc(Cl)cc1Cl)[C@@]21C(=O)Nc2ccccc21. The van der Waals surface area contributed by atoms with Gasteiger partial charge in [-0.2, -0.15) is 0 Å². The lowest BCUT2D eigenvalue weighted by Crippen LogP contribution is -2.51. The molecule has 3 heterocycles. The first kappa shape index (κ1) is 26.7. The number of hydrogen-bond acceptors (Lipinski definition) is 4. The van der Waals surface area contributed by atoms with Crippen LogP contribution < -0.4 is 10.2 Å². The van der Waals surface area contributed by atoms with Gasteiger partial charge < -0.3 is 10.2 Å². The van der Waals surface area contributed by atoms with Gasteiger partial charge in [-0.05, 0) is 61.4 Å². The second kappa shape index (κ2) is 9.69. The van der Waals surface area contributed by atoms with Gasteiger partial charge in [0.05, 0.1) is 17.0 Å². The monoisotopic (exact) mass is 592 g/mol. The third kappa shape index (κ3) is 3.67. The van der Waals surface area contributed by atoms with E-state index >= 15 is 0 Å². The first-order valence-corrected chi connectivity index (χ1v) is 14.6. The van der Waals surface area contributed by atoms with Crippen molar-refractivity contribution in [3.8, 4) is 0 Å². The molecule has 1 saturated heterocycles. The number of anilines is 2. The molecule has 4 atom stereocenters. The van der Waals surface area contributed by atoms with Crippen molar-refractivity contribution in [1.29, 1.82) is 0 Å². The molecule has 3 aliphatic rings. The number of hydrogen-bond donors (Lipinski definition) is 1. The van der Waals surface area contributed by atoms with Crippen molar-refractivity contribution in [2.75, 3.05) is 10.2 Å². The van der Waals surface area contributed by atoms with Crippen LogP contribution in [0.15, 0.2) is 97.1 Å². The largest absolute Gasteiger partial charge is 0.352 e. The van der Waals surface area contributed by atoms with E-state index in [4.69, 9.17) is 23.2 Å². The highest BCUT2D eigenvalue weighted by molar-refractivity contribution is 6.37. The first-order chi connectivity index (χ1) is 20.2. The van der Waals surface area contributed by atoms with Gasteiger partial charge >= 0.3 is 0 Å². The average Bonchev–Trinajstić information content (AvgIpc) is 3.45. The molecular weight excluding hydrogens is 567 g/mol. The summed E-state index contributed by atoms with van der Waals surface area (Å²) < 4.78 is 0. The van der Waals surface area contributed by atoms with Gasteiger partial charge in [0.25, 0.3) is 0 Å². The lowest BCUT2D eigenvalue weighted by molar-refractivity contribution is -0.121. The molecule has 5 nitrogen and oxygen atoms in total. The predicted octanol–water partition coefficient (Wildman–Crippen LogP) is 7.55. The topological polar surface area (TPSA) is 66.5 Å².